The first kappa shape index (κ1) is 6.40. The van der Waals surface area contributed by atoms with Gasteiger partial charge in [0.1, 0.15) is 0 Å². The summed E-state index contributed by atoms with van der Waals surface area (Å²) in [5.41, 5.74) is 2.77. The minimum Gasteiger partial charge on any atom is -0.391 e. The fourth-order valence-corrected chi connectivity index (χ4v) is 1.11. The van der Waals surface area contributed by atoms with Crippen molar-refractivity contribution in [3.05, 3.63) is 23.4 Å². The number of allylic oxidation sites excluding steroid dienone is 4. The maximum atomic E-state index is 3.18. The Labute approximate surface area is 56.5 Å². The molecule has 0 unspecified atom stereocenters. The van der Waals surface area contributed by atoms with Crippen molar-refractivity contribution in [2.45, 2.75) is 19.8 Å². The predicted molar refractivity (Wildman–Crippen MR) is 40.1 cm³/mol. The van der Waals surface area contributed by atoms with Crippen LogP contribution in [0.25, 0.3) is 0 Å². The third-order valence-electron chi connectivity index (χ3n) is 1.71. The lowest BCUT2D eigenvalue weighted by atomic mass is 10.1. The van der Waals surface area contributed by atoms with Gasteiger partial charge in [0.25, 0.3) is 0 Å². The molecule has 0 heterocycles. The van der Waals surface area contributed by atoms with Gasteiger partial charge in [-0.05, 0) is 25.3 Å². The van der Waals surface area contributed by atoms with Gasteiger partial charge in [0.2, 0.25) is 0 Å². The maximum Gasteiger partial charge on any atom is 0.0137 e. The van der Waals surface area contributed by atoms with E-state index in [0.717, 1.165) is 0 Å². The molecule has 0 saturated carbocycles. The molecule has 1 aliphatic carbocycles. The van der Waals surface area contributed by atoms with Gasteiger partial charge in [-0.15, -0.1) is 0 Å². The van der Waals surface area contributed by atoms with E-state index in [1.807, 2.05) is 7.05 Å². The van der Waals surface area contributed by atoms with Crippen molar-refractivity contribution in [3.63, 3.8) is 0 Å². The van der Waals surface area contributed by atoms with Gasteiger partial charge in [0.15, 0.2) is 0 Å². The van der Waals surface area contributed by atoms with Crippen LogP contribution >= 0.6 is 0 Å². The molecule has 0 amide bonds. The summed E-state index contributed by atoms with van der Waals surface area (Å²) in [4.78, 5) is 0. The number of rotatable bonds is 1. The van der Waals surface area contributed by atoms with Crippen LogP contribution in [0.5, 0.6) is 0 Å². The average molecular weight is 123 g/mol. The van der Waals surface area contributed by atoms with Crippen molar-refractivity contribution in [2.75, 3.05) is 7.05 Å². The van der Waals surface area contributed by atoms with Crippen LogP contribution in [0.3, 0.4) is 0 Å². The molecule has 1 heteroatoms. The molecule has 1 nitrogen and oxygen atoms in total. The molecule has 0 atom stereocenters. The summed E-state index contributed by atoms with van der Waals surface area (Å²) in [5, 5.41) is 3.18. The Bertz CT molecular complexity index is 154. The lowest BCUT2D eigenvalue weighted by Gasteiger charge is -2.11. The van der Waals surface area contributed by atoms with Gasteiger partial charge in [-0.1, -0.05) is 12.2 Å². The molecule has 0 spiro atoms. The number of nitrogens with one attached hydrogen (secondary N) is 1. The van der Waals surface area contributed by atoms with E-state index in [0.29, 0.717) is 0 Å². The first-order valence-electron chi connectivity index (χ1n) is 3.38. The van der Waals surface area contributed by atoms with E-state index >= 15 is 0 Å². The van der Waals surface area contributed by atoms with E-state index in [1.54, 1.807) is 0 Å². The highest BCUT2D eigenvalue weighted by atomic mass is 14.8. The van der Waals surface area contributed by atoms with Crippen molar-refractivity contribution in [3.8, 4) is 0 Å². The van der Waals surface area contributed by atoms with E-state index in [2.05, 4.69) is 24.4 Å². The highest BCUT2D eigenvalue weighted by Gasteiger charge is 2.00. The highest BCUT2D eigenvalue weighted by molar-refractivity contribution is 5.25. The fraction of sp³-hybridized carbons (Fsp3) is 0.500. The van der Waals surface area contributed by atoms with Gasteiger partial charge >= 0.3 is 0 Å². The van der Waals surface area contributed by atoms with Crippen LogP contribution in [0.4, 0.5) is 0 Å². The molecule has 0 aromatic carbocycles. The summed E-state index contributed by atoms with van der Waals surface area (Å²) >= 11 is 0. The van der Waals surface area contributed by atoms with Crippen LogP contribution in [-0.2, 0) is 0 Å². The molecule has 0 aliphatic heterocycles. The number of hydrogen-bond donors (Lipinski definition) is 1. The summed E-state index contributed by atoms with van der Waals surface area (Å²) in [6.07, 6.45) is 6.76. The molecule has 0 fully saturated rings. The Morgan fingerprint density at radius 1 is 1.56 bits per heavy atom. The van der Waals surface area contributed by atoms with E-state index in [1.165, 1.54) is 24.1 Å². The van der Waals surface area contributed by atoms with Crippen LogP contribution in [-0.4, -0.2) is 7.05 Å². The molecule has 0 saturated heterocycles. The summed E-state index contributed by atoms with van der Waals surface area (Å²) in [6, 6.07) is 0. The quantitative estimate of drug-likeness (QED) is 0.561. The van der Waals surface area contributed by atoms with Crippen molar-refractivity contribution in [1.29, 1.82) is 0 Å². The van der Waals surface area contributed by atoms with Crippen molar-refractivity contribution in [2.24, 2.45) is 0 Å². The predicted octanol–water partition coefficient (Wildman–Crippen LogP) is 1.83. The van der Waals surface area contributed by atoms with Crippen LogP contribution in [0, 0.1) is 0 Å². The summed E-state index contributed by atoms with van der Waals surface area (Å²) in [5.74, 6) is 0. The van der Waals surface area contributed by atoms with E-state index < -0.39 is 0 Å². The molecule has 1 rings (SSSR count). The SMILES string of the molecule is CNC1=C(C)C=CCC1. The van der Waals surface area contributed by atoms with Crippen LogP contribution in [0.15, 0.2) is 23.4 Å². The lowest BCUT2D eigenvalue weighted by molar-refractivity contribution is 0.823. The molecule has 0 radical (unpaired) electrons. The average Bonchev–Trinajstić information content (AvgIpc) is 1.89. The Hall–Kier alpha value is -0.720. The topological polar surface area (TPSA) is 12.0 Å². The van der Waals surface area contributed by atoms with Gasteiger partial charge in [-0.25, -0.2) is 0 Å². The first-order chi connectivity index (χ1) is 4.34. The Morgan fingerprint density at radius 3 is 2.78 bits per heavy atom. The van der Waals surface area contributed by atoms with Crippen LogP contribution < -0.4 is 5.32 Å². The maximum absolute atomic E-state index is 3.18. The molecule has 1 N–H and O–H groups in total. The first-order valence-corrected chi connectivity index (χ1v) is 3.38. The minimum atomic E-state index is 1.18. The Morgan fingerprint density at radius 2 is 2.33 bits per heavy atom. The molecule has 0 bridgehead atoms. The molecule has 0 aromatic heterocycles. The summed E-state index contributed by atoms with van der Waals surface area (Å²) in [6.45, 7) is 2.14. The highest BCUT2D eigenvalue weighted by Crippen LogP contribution is 2.14. The van der Waals surface area contributed by atoms with Gasteiger partial charge in [-0.3, -0.25) is 0 Å². The second-order valence-electron chi connectivity index (χ2n) is 2.35. The van der Waals surface area contributed by atoms with E-state index in [-0.39, 0.29) is 0 Å². The normalized spacial score (nSPS) is 18.4. The Kier molecular flexibility index (Phi) is 1.93. The largest absolute Gasteiger partial charge is 0.391 e. The zero-order valence-corrected chi connectivity index (χ0v) is 6.07. The van der Waals surface area contributed by atoms with Crippen molar-refractivity contribution >= 4 is 0 Å². The van der Waals surface area contributed by atoms with Gasteiger partial charge in [0, 0.05) is 12.7 Å². The lowest BCUT2D eigenvalue weighted by Crippen LogP contribution is -2.09. The van der Waals surface area contributed by atoms with Crippen molar-refractivity contribution < 1.29 is 0 Å². The number of hydrogen-bond acceptors (Lipinski definition) is 1. The van der Waals surface area contributed by atoms with Gasteiger partial charge in [0.05, 0.1) is 0 Å². The fourth-order valence-electron chi connectivity index (χ4n) is 1.11. The third kappa shape index (κ3) is 1.35. The molecular formula is C8H13N. The van der Waals surface area contributed by atoms with Gasteiger partial charge in [-0.2, -0.15) is 0 Å². The Balaban J connectivity index is 2.72. The zero-order chi connectivity index (χ0) is 6.69. The van der Waals surface area contributed by atoms with Crippen LogP contribution in [0.2, 0.25) is 0 Å². The molecule has 1 aliphatic rings. The van der Waals surface area contributed by atoms with Crippen molar-refractivity contribution in [1.82, 2.24) is 5.32 Å². The second kappa shape index (κ2) is 2.72. The smallest absolute Gasteiger partial charge is 0.0137 e. The minimum absolute atomic E-state index is 1.18. The van der Waals surface area contributed by atoms with Gasteiger partial charge < -0.3 is 5.32 Å². The van der Waals surface area contributed by atoms with E-state index in [4.69, 9.17) is 0 Å². The third-order valence-corrected chi connectivity index (χ3v) is 1.71. The molecule has 50 valence electrons. The molecular weight excluding hydrogens is 110 g/mol. The molecule has 9 heavy (non-hydrogen) atoms. The van der Waals surface area contributed by atoms with E-state index in [9.17, 15) is 0 Å². The summed E-state index contributed by atoms with van der Waals surface area (Å²) in [7, 11) is 1.98. The summed E-state index contributed by atoms with van der Waals surface area (Å²) < 4.78 is 0. The monoisotopic (exact) mass is 123 g/mol. The second-order valence-corrected chi connectivity index (χ2v) is 2.35. The standard InChI is InChI=1S/C8H13N/c1-7-5-3-4-6-8(7)9-2/h3,5,9H,4,6H2,1-2H3. The van der Waals surface area contributed by atoms with Crippen LogP contribution in [0.1, 0.15) is 19.8 Å². The zero-order valence-electron chi connectivity index (χ0n) is 6.07. The molecule has 0 aromatic rings.